The van der Waals surface area contributed by atoms with Crippen molar-refractivity contribution in [3.63, 3.8) is 0 Å². The van der Waals surface area contributed by atoms with Gasteiger partial charge in [0.25, 0.3) is 5.91 Å². The fourth-order valence-electron chi connectivity index (χ4n) is 1.81. The van der Waals surface area contributed by atoms with Crippen molar-refractivity contribution >= 4 is 33.7 Å². The van der Waals surface area contributed by atoms with Crippen molar-refractivity contribution in [2.75, 3.05) is 5.32 Å². The monoisotopic (exact) mass is 370 g/mol. The van der Waals surface area contributed by atoms with E-state index in [2.05, 4.69) is 26.4 Å². The first-order valence-electron chi connectivity index (χ1n) is 6.50. The molecule has 1 N–H and O–H groups in total. The second-order valence-electron chi connectivity index (χ2n) is 4.77. The van der Waals surface area contributed by atoms with Crippen LogP contribution in [-0.2, 0) is 9.53 Å². The van der Waals surface area contributed by atoms with Crippen LogP contribution in [0.4, 0.5) is 5.88 Å². The number of furan rings is 1. The first-order chi connectivity index (χ1) is 10.3. The van der Waals surface area contributed by atoms with Gasteiger partial charge in [-0.25, -0.2) is 4.79 Å². The number of nitrogens with zero attached hydrogens (tertiary/aromatic N) is 1. The molecular weight excluding hydrogens is 356 g/mol. The van der Waals surface area contributed by atoms with Crippen molar-refractivity contribution in [1.29, 1.82) is 0 Å². The molecule has 0 aliphatic carbocycles. The molecule has 0 saturated carbocycles. The Bertz CT molecular complexity index is 719. The molecule has 0 aromatic carbocycles. The van der Waals surface area contributed by atoms with Crippen molar-refractivity contribution in [1.82, 2.24) is 5.16 Å². The molecule has 1 atom stereocenters. The minimum atomic E-state index is -1.00. The summed E-state index contributed by atoms with van der Waals surface area (Å²) in [5, 5.41) is 6.12. The highest BCUT2D eigenvalue weighted by molar-refractivity contribution is 9.10. The number of ether oxygens (including phenoxy) is 1. The molecule has 0 aliphatic rings. The minimum Gasteiger partial charge on any atom is -0.465 e. The number of aryl methyl sites for hydroxylation is 3. The maximum atomic E-state index is 12.1. The van der Waals surface area contributed by atoms with Crippen molar-refractivity contribution in [3.8, 4) is 0 Å². The molecule has 2 rings (SSSR count). The van der Waals surface area contributed by atoms with Gasteiger partial charge in [0.15, 0.2) is 6.10 Å². The molecule has 0 fully saturated rings. The maximum Gasteiger partial charge on any atom is 0.343 e. The molecule has 1 amide bonds. The molecule has 0 spiro atoms. The molecule has 0 aliphatic heterocycles. The van der Waals surface area contributed by atoms with Gasteiger partial charge >= 0.3 is 5.97 Å². The number of halogens is 1. The fourth-order valence-corrected chi connectivity index (χ4v) is 2.33. The number of hydrogen-bond donors (Lipinski definition) is 1. The third-order valence-corrected chi connectivity index (χ3v) is 3.87. The zero-order chi connectivity index (χ0) is 16.4. The summed E-state index contributed by atoms with van der Waals surface area (Å²) in [6.45, 7) is 6.56. The van der Waals surface area contributed by atoms with Gasteiger partial charge in [0.1, 0.15) is 17.1 Å². The highest BCUT2D eigenvalue weighted by atomic mass is 79.9. The average molecular weight is 371 g/mol. The van der Waals surface area contributed by atoms with E-state index in [9.17, 15) is 9.59 Å². The molecular formula is C14H15BrN2O5. The highest BCUT2D eigenvalue weighted by Crippen LogP contribution is 2.28. The van der Waals surface area contributed by atoms with Crippen molar-refractivity contribution in [2.45, 2.75) is 33.8 Å². The molecule has 0 bridgehead atoms. The van der Waals surface area contributed by atoms with Gasteiger partial charge in [-0.15, -0.1) is 0 Å². The van der Waals surface area contributed by atoms with Crippen LogP contribution in [0.25, 0.3) is 0 Å². The summed E-state index contributed by atoms with van der Waals surface area (Å²) in [5.41, 5.74) is 0.904. The number of hydrogen-bond acceptors (Lipinski definition) is 6. The molecule has 0 radical (unpaired) electrons. The maximum absolute atomic E-state index is 12.1. The predicted molar refractivity (Wildman–Crippen MR) is 80.6 cm³/mol. The number of nitrogens with one attached hydrogen (secondary N) is 1. The Hall–Kier alpha value is -2.09. The van der Waals surface area contributed by atoms with Gasteiger partial charge in [-0.3, -0.25) is 10.1 Å². The number of anilines is 1. The van der Waals surface area contributed by atoms with Crippen molar-refractivity contribution in [3.05, 3.63) is 33.3 Å². The predicted octanol–water partition coefficient (Wildman–Crippen LogP) is 3.14. The molecule has 7 nitrogen and oxygen atoms in total. The van der Waals surface area contributed by atoms with Gasteiger partial charge in [-0.05, 0) is 43.6 Å². The number of amides is 1. The van der Waals surface area contributed by atoms with E-state index in [0.717, 1.165) is 0 Å². The van der Waals surface area contributed by atoms with E-state index in [1.165, 1.54) is 6.92 Å². The van der Waals surface area contributed by atoms with E-state index in [1.807, 2.05) is 0 Å². The van der Waals surface area contributed by atoms with Gasteiger partial charge in [-0.2, -0.15) is 0 Å². The number of aromatic nitrogens is 1. The van der Waals surface area contributed by atoms with Crippen LogP contribution < -0.4 is 5.32 Å². The van der Waals surface area contributed by atoms with Crippen molar-refractivity contribution < 1.29 is 23.3 Å². The largest absolute Gasteiger partial charge is 0.465 e. The average Bonchev–Trinajstić information content (AvgIpc) is 2.93. The molecule has 22 heavy (non-hydrogen) atoms. The van der Waals surface area contributed by atoms with Crippen LogP contribution in [0.2, 0.25) is 0 Å². The van der Waals surface area contributed by atoms with Gasteiger partial charge in [0.2, 0.25) is 5.88 Å². The molecule has 118 valence electrons. The first kappa shape index (κ1) is 16.3. The normalized spacial score (nSPS) is 12.0. The second kappa shape index (κ2) is 6.35. The summed E-state index contributed by atoms with van der Waals surface area (Å²) in [4.78, 5) is 24.1. The van der Waals surface area contributed by atoms with E-state index >= 15 is 0 Å². The topological polar surface area (TPSA) is 94.6 Å². The van der Waals surface area contributed by atoms with Crippen LogP contribution in [0.3, 0.4) is 0 Å². The van der Waals surface area contributed by atoms with Crippen LogP contribution in [-0.4, -0.2) is 23.1 Å². The van der Waals surface area contributed by atoms with Crippen LogP contribution >= 0.6 is 15.9 Å². The van der Waals surface area contributed by atoms with Crippen LogP contribution in [0.1, 0.15) is 34.5 Å². The molecule has 8 heteroatoms. The molecule has 2 aromatic heterocycles. The van der Waals surface area contributed by atoms with Crippen LogP contribution in [0, 0.1) is 20.8 Å². The summed E-state index contributed by atoms with van der Waals surface area (Å²) < 4.78 is 15.9. The lowest BCUT2D eigenvalue weighted by Gasteiger charge is -2.12. The van der Waals surface area contributed by atoms with E-state index < -0.39 is 18.0 Å². The van der Waals surface area contributed by atoms with E-state index in [-0.39, 0.29) is 11.4 Å². The smallest absolute Gasteiger partial charge is 0.343 e. The standard InChI is InChI=1S/C14H15BrN2O5/c1-6-5-10(22-17-6)16-13(18)9(4)21-14(19)11-7(2)20-8(3)12(11)15/h5,9H,1-4H3,(H,16,18)/t9-/m1/s1. The van der Waals surface area contributed by atoms with Gasteiger partial charge in [0, 0.05) is 6.07 Å². The second-order valence-corrected chi connectivity index (χ2v) is 5.57. The first-order valence-corrected chi connectivity index (χ1v) is 7.29. The minimum absolute atomic E-state index is 0.196. The van der Waals surface area contributed by atoms with Crippen molar-refractivity contribution in [2.24, 2.45) is 0 Å². The summed E-state index contributed by atoms with van der Waals surface area (Å²) >= 11 is 3.27. The third kappa shape index (κ3) is 3.38. The zero-order valence-electron chi connectivity index (χ0n) is 12.5. The molecule has 2 heterocycles. The third-order valence-electron chi connectivity index (χ3n) is 2.92. The van der Waals surface area contributed by atoms with Crippen LogP contribution in [0.5, 0.6) is 0 Å². The van der Waals surface area contributed by atoms with Gasteiger partial charge < -0.3 is 13.7 Å². The lowest BCUT2D eigenvalue weighted by molar-refractivity contribution is -0.123. The number of carbonyl (C=O) groups is 2. The Morgan fingerprint density at radius 3 is 2.50 bits per heavy atom. The Morgan fingerprint density at radius 1 is 1.32 bits per heavy atom. The quantitative estimate of drug-likeness (QED) is 0.830. The Balaban J connectivity index is 2.03. The number of carbonyl (C=O) groups excluding carboxylic acids is 2. The number of rotatable bonds is 4. The van der Waals surface area contributed by atoms with E-state index in [1.54, 1.807) is 26.8 Å². The lowest BCUT2D eigenvalue weighted by Crippen LogP contribution is -2.30. The van der Waals surface area contributed by atoms with Gasteiger partial charge in [0.05, 0.1) is 10.2 Å². The summed E-state index contributed by atoms with van der Waals surface area (Å²) in [7, 11) is 0. The Labute approximate surface area is 135 Å². The van der Waals surface area contributed by atoms with Gasteiger partial charge in [-0.1, -0.05) is 5.16 Å². The molecule has 0 saturated heterocycles. The van der Waals surface area contributed by atoms with E-state index in [4.69, 9.17) is 13.7 Å². The summed E-state index contributed by atoms with van der Waals surface area (Å²) in [5.74, 6) is 0.0320. The zero-order valence-corrected chi connectivity index (χ0v) is 14.1. The highest BCUT2D eigenvalue weighted by Gasteiger charge is 2.25. The lowest BCUT2D eigenvalue weighted by atomic mass is 10.2. The molecule has 2 aromatic rings. The molecule has 0 unspecified atom stereocenters. The fraction of sp³-hybridized carbons (Fsp3) is 0.357. The van der Waals surface area contributed by atoms with Crippen LogP contribution in [0.15, 0.2) is 19.5 Å². The Kier molecular flexibility index (Phi) is 4.70. The SMILES string of the molecule is Cc1cc(NC(=O)[C@@H](C)OC(=O)c2c(C)oc(C)c2Br)on1. The Morgan fingerprint density at radius 2 is 2.00 bits per heavy atom. The number of esters is 1. The van der Waals surface area contributed by atoms with E-state index in [0.29, 0.717) is 21.7 Å². The summed E-state index contributed by atoms with van der Waals surface area (Å²) in [6.07, 6.45) is -1.00. The summed E-state index contributed by atoms with van der Waals surface area (Å²) in [6, 6.07) is 1.56.